The molecule has 0 atom stereocenters. The van der Waals surface area contributed by atoms with E-state index in [2.05, 4.69) is 0 Å². The molecule has 35 heavy (non-hydrogen) atoms. The number of phenols is 4. The summed E-state index contributed by atoms with van der Waals surface area (Å²) in [6, 6.07) is 1.09. The van der Waals surface area contributed by atoms with Gasteiger partial charge in [-0.3, -0.25) is 4.79 Å². The molecule has 0 unspecified atom stereocenters. The van der Waals surface area contributed by atoms with Crippen molar-refractivity contribution in [3.8, 4) is 23.0 Å². The van der Waals surface area contributed by atoms with E-state index < -0.39 is 22.5 Å². The first kappa shape index (κ1) is 26.2. The van der Waals surface area contributed by atoms with Crippen LogP contribution < -0.4 is 5.43 Å². The van der Waals surface area contributed by atoms with Crippen LogP contribution in [-0.2, 0) is 19.3 Å². The number of aryl methyl sites for hydroxylation is 1. The van der Waals surface area contributed by atoms with Gasteiger partial charge in [-0.1, -0.05) is 23.3 Å². The molecular weight excluding hydrogens is 448 g/mol. The molecule has 5 N–H and O–H groups in total. The molecule has 1 aromatic heterocycles. The zero-order valence-electron chi connectivity index (χ0n) is 21.1. The van der Waals surface area contributed by atoms with Crippen LogP contribution in [0.4, 0.5) is 0 Å². The van der Waals surface area contributed by atoms with Crippen molar-refractivity contribution in [2.24, 2.45) is 0 Å². The van der Waals surface area contributed by atoms with Gasteiger partial charge in [-0.2, -0.15) is 0 Å². The van der Waals surface area contributed by atoms with Crippen molar-refractivity contribution < 1.29 is 29.9 Å². The standard InChI is InChI=1S/C28H34O7/c1-14(2)7-9-16-17(10-8-15(3)4)23(31)25(33)27-21(16)24(32)22-20(30)13-19(29)18(26(22)35-27)11-12-28(5,6)34/h7-8,13,29-31,33-34H,9-12H2,1-6H3. The minimum absolute atomic E-state index is 0.0666. The Morgan fingerprint density at radius 2 is 1.40 bits per heavy atom. The van der Waals surface area contributed by atoms with Crippen LogP contribution in [0.2, 0.25) is 0 Å². The van der Waals surface area contributed by atoms with Gasteiger partial charge >= 0.3 is 0 Å². The monoisotopic (exact) mass is 482 g/mol. The fourth-order valence-electron chi connectivity index (χ4n) is 4.10. The maximum atomic E-state index is 13.8. The van der Waals surface area contributed by atoms with Crippen LogP contribution in [0.15, 0.2) is 38.6 Å². The van der Waals surface area contributed by atoms with E-state index in [1.807, 2.05) is 39.8 Å². The van der Waals surface area contributed by atoms with Crippen LogP contribution in [0.3, 0.4) is 0 Å². The van der Waals surface area contributed by atoms with Crippen molar-refractivity contribution in [2.75, 3.05) is 0 Å². The Hall–Kier alpha value is -3.45. The average molecular weight is 483 g/mol. The Morgan fingerprint density at radius 1 is 0.829 bits per heavy atom. The van der Waals surface area contributed by atoms with E-state index in [-0.39, 0.29) is 51.8 Å². The van der Waals surface area contributed by atoms with Crippen LogP contribution in [0, 0.1) is 0 Å². The topological polar surface area (TPSA) is 131 Å². The number of aliphatic hydroxyl groups is 1. The smallest absolute Gasteiger partial charge is 0.204 e. The van der Waals surface area contributed by atoms with E-state index in [1.54, 1.807) is 13.8 Å². The summed E-state index contributed by atoms with van der Waals surface area (Å²) in [5.41, 5.74) is 1.20. The Bertz CT molecular complexity index is 1410. The molecule has 0 bridgehead atoms. The van der Waals surface area contributed by atoms with Gasteiger partial charge in [0.1, 0.15) is 22.5 Å². The second-order valence-corrected chi connectivity index (χ2v) is 10.2. The van der Waals surface area contributed by atoms with Crippen molar-refractivity contribution in [3.63, 3.8) is 0 Å². The van der Waals surface area contributed by atoms with E-state index in [9.17, 15) is 30.3 Å². The second-order valence-electron chi connectivity index (χ2n) is 10.2. The number of allylic oxidation sites excluding steroid dienone is 4. The average Bonchev–Trinajstić information content (AvgIpc) is 2.73. The Morgan fingerprint density at radius 3 is 1.94 bits per heavy atom. The van der Waals surface area contributed by atoms with E-state index in [4.69, 9.17) is 4.42 Å². The van der Waals surface area contributed by atoms with Gasteiger partial charge in [0.25, 0.3) is 0 Å². The van der Waals surface area contributed by atoms with Crippen LogP contribution in [0.25, 0.3) is 21.9 Å². The normalized spacial score (nSPS) is 11.7. The van der Waals surface area contributed by atoms with Gasteiger partial charge < -0.3 is 29.9 Å². The summed E-state index contributed by atoms with van der Waals surface area (Å²) >= 11 is 0. The molecule has 1 heterocycles. The lowest BCUT2D eigenvalue weighted by Crippen LogP contribution is -2.19. The number of phenolic OH excluding ortho intramolecular Hbond substituents is 4. The summed E-state index contributed by atoms with van der Waals surface area (Å²) in [4.78, 5) is 13.8. The fourth-order valence-corrected chi connectivity index (χ4v) is 4.10. The largest absolute Gasteiger partial charge is 0.507 e. The highest BCUT2D eigenvalue weighted by Crippen LogP contribution is 2.44. The second kappa shape index (κ2) is 9.66. The van der Waals surface area contributed by atoms with Crippen molar-refractivity contribution in [2.45, 2.75) is 72.8 Å². The maximum absolute atomic E-state index is 13.8. The highest BCUT2D eigenvalue weighted by Gasteiger charge is 2.27. The van der Waals surface area contributed by atoms with Gasteiger partial charge in [0.15, 0.2) is 11.3 Å². The zero-order valence-corrected chi connectivity index (χ0v) is 21.1. The van der Waals surface area contributed by atoms with Crippen LogP contribution in [-0.4, -0.2) is 31.1 Å². The van der Waals surface area contributed by atoms with Gasteiger partial charge in [-0.05, 0) is 72.8 Å². The third kappa shape index (κ3) is 5.30. The summed E-state index contributed by atoms with van der Waals surface area (Å²) < 4.78 is 5.98. The molecular formula is C28H34O7. The first-order valence-corrected chi connectivity index (χ1v) is 11.6. The molecule has 0 spiro atoms. The first-order valence-electron chi connectivity index (χ1n) is 11.6. The third-order valence-corrected chi connectivity index (χ3v) is 6.03. The lowest BCUT2D eigenvalue weighted by Gasteiger charge is -2.19. The summed E-state index contributed by atoms with van der Waals surface area (Å²) in [5.74, 6) is -1.70. The molecule has 7 nitrogen and oxygen atoms in total. The minimum Gasteiger partial charge on any atom is -0.507 e. The van der Waals surface area contributed by atoms with Crippen LogP contribution in [0.1, 0.15) is 64.7 Å². The fraction of sp³-hybridized carbons (Fsp3) is 0.393. The number of hydrogen-bond donors (Lipinski definition) is 5. The van der Waals surface area contributed by atoms with Gasteiger partial charge in [0.05, 0.1) is 11.0 Å². The molecule has 0 saturated carbocycles. The molecule has 3 rings (SSSR count). The van der Waals surface area contributed by atoms with E-state index in [1.165, 1.54) is 0 Å². The molecule has 0 fully saturated rings. The molecule has 0 aliphatic heterocycles. The molecule has 2 aromatic carbocycles. The summed E-state index contributed by atoms with van der Waals surface area (Å²) in [6.45, 7) is 10.9. The molecule has 0 aliphatic carbocycles. The number of hydrogen-bond acceptors (Lipinski definition) is 7. The quantitative estimate of drug-likeness (QED) is 0.171. The number of rotatable bonds is 7. The van der Waals surface area contributed by atoms with Gasteiger partial charge in [0.2, 0.25) is 11.2 Å². The lowest BCUT2D eigenvalue weighted by molar-refractivity contribution is 0.0713. The predicted molar refractivity (Wildman–Crippen MR) is 138 cm³/mol. The van der Waals surface area contributed by atoms with Gasteiger partial charge in [-0.15, -0.1) is 0 Å². The summed E-state index contributed by atoms with van der Waals surface area (Å²) in [5, 5.41) is 53.0. The number of aromatic hydroxyl groups is 4. The molecule has 7 heteroatoms. The molecule has 0 saturated heterocycles. The summed E-state index contributed by atoms with van der Waals surface area (Å²) in [7, 11) is 0. The molecule has 188 valence electrons. The van der Waals surface area contributed by atoms with Gasteiger partial charge in [-0.25, -0.2) is 0 Å². The van der Waals surface area contributed by atoms with Crippen LogP contribution >= 0.6 is 0 Å². The highest BCUT2D eigenvalue weighted by atomic mass is 16.4. The number of benzene rings is 2. The SMILES string of the molecule is CC(C)=CCc1c(O)c(O)c2oc3c(CCC(C)(C)O)c(O)cc(O)c3c(=O)c2c1CC=C(C)C. The third-order valence-electron chi connectivity index (χ3n) is 6.03. The Labute approximate surface area is 204 Å². The van der Waals surface area contributed by atoms with E-state index in [0.717, 1.165) is 17.2 Å². The number of fused-ring (bicyclic) bond motifs is 2. The molecule has 0 radical (unpaired) electrons. The van der Waals surface area contributed by atoms with E-state index in [0.29, 0.717) is 24.0 Å². The molecule has 3 aromatic rings. The first-order chi connectivity index (χ1) is 16.2. The Balaban J connectivity index is 2.50. The van der Waals surface area contributed by atoms with Crippen molar-refractivity contribution >= 4 is 21.9 Å². The Kier molecular flexibility index (Phi) is 7.22. The van der Waals surface area contributed by atoms with E-state index >= 15 is 0 Å². The predicted octanol–water partition coefficient (Wildman–Crippen LogP) is 5.49. The summed E-state index contributed by atoms with van der Waals surface area (Å²) in [6.07, 6.45) is 4.79. The minimum atomic E-state index is -1.05. The molecule has 0 amide bonds. The van der Waals surface area contributed by atoms with Crippen LogP contribution in [0.5, 0.6) is 23.0 Å². The van der Waals surface area contributed by atoms with Crippen molar-refractivity contribution in [3.05, 3.63) is 56.3 Å². The molecule has 0 aliphatic rings. The van der Waals surface area contributed by atoms with Crippen molar-refractivity contribution in [1.29, 1.82) is 0 Å². The van der Waals surface area contributed by atoms with Crippen molar-refractivity contribution in [1.82, 2.24) is 0 Å². The lowest BCUT2D eigenvalue weighted by atomic mass is 9.92. The van der Waals surface area contributed by atoms with Gasteiger partial charge in [0, 0.05) is 17.2 Å². The highest BCUT2D eigenvalue weighted by molar-refractivity contribution is 6.00. The zero-order chi connectivity index (χ0) is 26.2. The maximum Gasteiger partial charge on any atom is 0.204 e.